The van der Waals surface area contributed by atoms with Crippen molar-refractivity contribution in [2.24, 2.45) is 0 Å². The lowest BCUT2D eigenvalue weighted by molar-refractivity contribution is -0.137. The molecular formula is C16H20Br2O4. The molecule has 0 bridgehead atoms. The van der Waals surface area contributed by atoms with E-state index in [2.05, 4.69) is 43.7 Å². The number of carbonyl (C=O) groups is 1. The Labute approximate surface area is 147 Å². The molecule has 0 fully saturated rings. The van der Waals surface area contributed by atoms with Crippen molar-refractivity contribution in [1.82, 2.24) is 0 Å². The molecule has 0 saturated carbocycles. The molecule has 122 valence electrons. The molecule has 0 rings (SSSR count). The maximum atomic E-state index is 10.3. The monoisotopic (exact) mass is 434 g/mol. The molecule has 0 amide bonds. The molecule has 0 aromatic carbocycles. The van der Waals surface area contributed by atoms with Crippen LogP contribution < -0.4 is 0 Å². The van der Waals surface area contributed by atoms with E-state index in [1.165, 1.54) is 12.2 Å². The number of aliphatic hydroxyl groups excluding tert-OH is 2. The zero-order valence-electron chi connectivity index (χ0n) is 12.1. The molecule has 3 N–H and O–H groups in total. The number of hydrogen-bond donors (Lipinski definition) is 3. The summed E-state index contributed by atoms with van der Waals surface area (Å²) in [4.78, 5) is 12.0. The van der Waals surface area contributed by atoms with E-state index < -0.39 is 18.2 Å². The van der Waals surface area contributed by atoms with Gasteiger partial charge in [0.05, 0.1) is 12.2 Å². The van der Waals surface area contributed by atoms with Crippen molar-refractivity contribution >= 4 is 37.8 Å². The number of aliphatic hydroxyl groups is 2. The van der Waals surface area contributed by atoms with Gasteiger partial charge in [-0.05, 0) is 42.5 Å². The van der Waals surface area contributed by atoms with E-state index in [-0.39, 0.29) is 6.42 Å². The Balaban J connectivity index is 4.01. The summed E-state index contributed by atoms with van der Waals surface area (Å²) in [5.41, 5.74) is 0. The molecule has 0 aliphatic heterocycles. The molecule has 0 aliphatic rings. The highest BCUT2D eigenvalue weighted by Crippen LogP contribution is 2.12. The van der Waals surface area contributed by atoms with Crippen LogP contribution in [0.2, 0.25) is 0 Å². The fourth-order valence-corrected chi connectivity index (χ4v) is 2.43. The molecule has 0 unspecified atom stereocenters. The molecule has 0 spiro atoms. The SMILES string of the molecule is O=C(O)CCCC#C/C=C/[C@H](O)[C@@H](O)CC/C=C(Br)\C=C/Br. The Morgan fingerprint density at radius 3 is 2.68 bits per heavy atom. The van der Waals surface area contributed by atoms with E-state index in [0.717, 1.165) is 4.48 Å². The van der Waals surface area contributed by atoms with Crippen LogP contribution in [0.1, 0.15) is 32.1 Å². The number of carboxylic acid groups (broad SMARTS) is 1. The Morgan fingerprint density at radius 1 is 1.32 bits per heavy atom. The standard InChI is InChI=1S/C16H20Br2O4/c17-12-11-13(18)7-6-9-15(20)14(19)8-4-2-1-3-5-10-16(21)22/h4,7-8,11-12,14-15,19-20H,3,5-6,9-10H2,(H,21,22)/b8-4+,12-11-,13-7+/t14-,15-/m0/s1. The van der Waals surface area contributed by atoms with E-state index in [9.17, 15) is 15.0 Å². The van der Waals surface area contributed by atoms with Crippen molar-refractivity contribution < 1.29 is 20.1 Å². The van der Waals surface area contributed by atoms with Crippen LogP contribution in [-0.2, 0) is 4.79 Å². The van der Waals surface area contributed by atoms with Crippen molar-refractivity contribution in [2.75, 3.05) is 0 Å². The average Bonchev–Trinajstić information content (AvgIpc) is 2.45. The van der Waals surface area contributed by atoms with Crippen LogP contribution >= 0.6 is 31.9 Å². The highest BCUT2D eigenvalue weighted by atomic mass is 79.9. The topological polar surface area (TPSA) is 77.8 Å². The fraction of sp³-hybridized carbons (Fsp3) is 0.438. The van der Waals surface area contributed by atoms with Gasteiger partial charge in [0.1, 0.15) is 0 Å². The van der Waals surface area contributed by atoms with E-state index in [0.29, 0.717) is 25.7 Å². The Kier molecular flexibility index (Phi) is 13.2. The van der Waals surface area contributed by atoms with E-state index in [1.807, 2.05) is 12.2 Å². The summed E-state index contributed by atoms with van der Waals surface area (Å²) in [7, 11) is 0. The van der Waals surface area contributed by atoms with Crippen molar-refractivity contribution in [3.8, 4) is 11.8 Å². The van der Waals surface area contributed by atoms with Gasteiger partial charge in [0.15, 0.2) is 0 Å². The number of halogens is 2. The molecule has 4 nitrogen and oxygen atoms in total. The van der Waals surface area contributed by atoms with Gasteiger partial charge in [0, 0.05) is 17.3 Å². The average molecular weight is 436 g/mol. The smallest absolute Gasteiger partial charge is 0.303 e. The number of rotatable bonds is 9. The number of aliphatic carboxylic acids is 1. The third kappa shape index (κ3) is 12.8. The van der Waals surface area contributed by atoms with Crippen LogP contribution in [0.15, 0.2) is 33.8 Å². The normalized spacial score (nSPS) is 14.8. The van der Waals surface area contributed by atoms with Gasteiger partial charge in [0.25, 0.3) is 0 Å². The molecule has 0 aromatic rings. The van der Waals surface area contributed by atoms with Gasteiger partial charge in [-0.15, -0.1) is 0 Å². The minimum Gasteiger partial charge on any atom is -0.481 e. The first-order valence-corrected chi connectivity index (χ1v) is 8.53. The Hall–Kier alpha value is -0.870. The van der Waals surface area contributed by atoms with E-state index in [4.69, 9.17) is 5.11 Å². The number of carboxylic acids is 1. The van der Waals surface area contributed by atoms with Crippen molar-refractivity contribution in [1.29, 1.82) is 0 Å². The van der Waals surface area contributed by atoms with Gasteiger partial charge < -0.3 is 15.3 Å². The third-order valence-corrected chi connectivity index (χ3v) is 3.44. The van der Waals surface area contributed by atoms with Gasteiger partial charge in [-0.1, -0.05) is 49.8 Å². The molecule has 2 atom stereocenters. The van der Waals surface area contributed by atoms with Crippen LogP contribution in [-0.4, -0.2) is 33.5 Å². The highest BCUT2D eigenvalue weighted by Gasteiger charge is 2.11. The van der Waals surface area contributed by atoms with Gasteiger partial charge in [-0.2, -0.15) is 0 Å². The summed E-state index contributed by atoms with van der Waals surface area (Å²) in [5, 5.41) is 28.0. The second-order valence-corrected chi connectivity index (χ2v) is 5.89. The quantitative estimate of drug-likeness (QED) is 0.294. The van der Waals surface area contributed by atoms with E-state index >= 15 is 0 Å². The molecule has 22 heavy (non-hydrogen) atoms. The van der Waals surface area contributed by atoms with Gasteiger partial charge in [-0.25, -0.2) is 0 Å². The van der Waals surface area contributed by atoms with Gasteiger partial charge >= 0.3 is 5.97 Å². The van der Waals surface area contributed by atoms with Crippen LogP contribution in [0.5, 0.6) is 0 Å². The number of hydrogen-bond acceptors (Lipinski definition) is 3. The lowest BCUT2D eigenvalue weighted by atomic mass is 10.1. The van der Waals surface area contributed by atoms with Gasteiger partial charge in [-0.3, -0.25) is 4.79 Å². The van der Waals surface area contributed by atoms with Crippen LogP contribution in [0.4, 0.5) is 0 Å². The van der Waals surface area contributed by atoms with Crippen LogP contribution in [0.3, 0.4) is 0 Å². The van der Waals surface area contributed by atoms with Crippen LogP contribution in [0, 0.1) is 11.8 Å². The zero-order valence-corrected chi connectivity index (χ0v) is 15.3. The lowest BCUT2D eigenvalue weighted by Crippen LogP contribution is -2.23. The summed E-state index contributed by atoms with van der Waals surface area (Å²) in [6, 6.07) is 0. The fourth-order valence-electron chi connectivity index (χ4n) is 1.43. The molecule has 6 heteroatoms. The zero-order chi connectivity index (χ0) is 16.8. The molecular weight excluding hydrogens is 416 g/mol. The summed E-state index contributed by atoms with van der Waals surface area (Å²) in [6.07, 6.45) is 6.99. The minimum absolute atomic E-state index is 0.104. The van der Waals surface area contributed by atoms with Crippen LogP contribution in [0.25, 0.3) is 0 Å². The Bertz CT molecular complexity index is 472. The van der Waals surface area contributed by atoms with Crippen molar-refractivity contribution in [3.05, 3.63) is 33.8 Å². The summed E-state index contributed by atoms with van der Waals surface area (Å²) >= 11 is 6.50. The third-order valence-electron chi connectivity index (χ3n) is 2.59. The summed E-state index contributed by atoms with van der Waals surface area (Å²) in [5.74, 6) is 4.66. The number of unbranched alkanes of at least 4 members (excludes halogenated alkanes) is 1. The summed E-state index contributed by atoms with van der Waals surface area (Å²) in [6.45, 7) is 0. The molecule has 0 saturated heterocycles. The lowest BCUT2D eigenvalue weighted by Gasteiger charge is -2.12. The predicted octanol–water partition coefficient (Wildman–Crippen LogP) is 3.49. The molecule has 0 heterocycles. The van der Waals surface area contributed by atoms with Crippen molar-refractivity contribution in [2.45, 2.75) is 44.3 Å². The minimum atomic E-state index is -0.966. The van der Waals surface area contributed by atoms with Crippen molar-refractivity contribution in [3.63, 3.8) is 0 Å². The highest BCUT2D eigenvalue weighted by molar-refractivity contribution is 9.12. The first-order chi connectivity index (χ1) is 10.5. The number of allylic oxidation sites excluding steroid dienone is 4. The molecule has 0 aliphatic carbocycles. The largest absolute Gasteiger partial charge is 0.481 e. The first-order valence-electron chi connectivity index (χ1n) is 6.82. The molecule has 0 aromatic heterocycles. The first kappa shape index (κ1) is 21.1. The second-order valence-electron chi connectivity index (χ2n) is 4.44. The Morgan fingerprint density at radius 2 is 2.05 bits per heavy atom. The predicted molar refractivity (Wildman–Crippen MR) is 94.7 cm³/mol. The van der Waals surface area contributed by atoms with Gasteiger partial charge in [0.2, 0.25) is 0 Å². The maximum absolute atomic E-state index is 10.3. The second kappa shape index (κ2) is 13.8. The maximum Gasteiger partial charge on any atom is 0.303 e. The van der Waals surface area contributed by atoms with E-state index in [1.54, 1.807) is 4.99 Å². The summed E-state index contributed by atoms with van der Waals surface area (Å²) < 4.78 is 0.897. The molecule has 0 radical (unpaired) electrons.